The van der Waals surface area contributed by atoms with E-state index in [0.717, 1.165) is 19.3 Å². The highest BCUT2D eigenvalue weighted by Crippen LogP contribution is 2.29. The van der Waals surface area contributed by atoms with E-state index < -0.39 is 11.4 Å². The van der Waals surface area contributed by atoms with Crippen molar-refractivity contribution in [2.75, 3.05) is 0 Å². The summed E-state index contributed by atoms with van der Waals surface area (Å²) in [4.78, 5) is 12.2. The third-order valence-corrected chi connectivity index (χ3v) is 3.71. The maximum absolute atomic E-state index is 12.2. The molecular weight excluding hydrogens is 264 g/mol. The molecule has 0 heterocycles. The molecule has 1 saturated carbocycles. The van der Waals surface area contributed by atoms with Crippen LogP contribution in [0.1, 0.15) is 42.5 Å². The summed E-state index contributed by atoms with van der Waals surface area (Å²) < 4.78 is 0. The van der Waals surface area contributed by atoms with Crippen LogP contribution in [0, 0.1) is 11.3 Å². The van der Waals surface area contributed by atoms with Crippen LogP contribution in [-0.4, -0.2) is 16.6 Å². The number of benzene rings is 1. The SMILES string of the molecule is N#CC1(NC(=O)c2cc(Cl)ccc2O)CCCCC1. The number of amides is 1. The van der Waals surface area contributed by atoms with Gasteiger partial charge in [-0.1, -0.05) is 30.9 Å². The van der Waals surface area contributed by atoms with E-state index in [-0.39, 0.29) is 11.3 Å². The van der Waals surface area contributed by atoms with Gasteiger partial charge in [0.15, 0.2) is 0 Å². The van der Waals surface area contributed by atoms with Gasteiger partial charge in [0.1, 0.15) is 11.3 Å². The lowest BCUT2D eigenvalue weighted by Crippen LogP contribution is -2.48. The molecule has 1 amide bonds. The Morgan fingerprint density at radius 1 is 1.37 bits per heavy atom. The van der Waals surface area contributed by atoms with Gasteiger partial charge in [-0.3, -0.25) is 4.79 Å². The van der Waals surface area contributed by atoms with Crippen molar-refractivity contribution in [1.82, 2.24) is 5.32 Å². The Kier molecular flexibility index (Phi) is 3.96. The van der Waals surface area contributed by atoms with Crippen LogP contribution >= 0.6 is 11.6 Å². The number of phenols is 1. The lowest BCUT2D eigenvalue weighted by Gasteiger charge is -2.31. The Labute approximate surface area is 117 Å². The fraction of sp³-hybridized carbons (Fsp3) is 0.429. The maximum atomic E-state index is 12.2. The molecule has 0 aliphatic heterocycles. The summed E-state index contributed by atoms with van der Waals surface area (Å²) in [6.45, 7) is 0. The Morgan fingerprint density at radius 3 is 2.68 bits per heavy atom. The smallest absolute Gasteiger partial charge is 0.256 e. The summed E-state index contributed by atoms with van der Waals surface area (Å²) in [6.07, 6.45) is 4.24. The van der Waals surface area contributed by atoms with E-state index in [4.69, 9.17) is 11.6 Å². The molecule has 1 aliphatic rings. The van der Waals surface area contributed by atoms with Crippen LogP contribution in [0.2, 0.25) is 5.02 Å². The van der Waals surface area contributed by atoms with Crippen molar-refractivity contribution >= 4 is 17.5 Å². The molecule has 0 saturated heterocycles. The molecule has 0 radical (unpaired) electrons. The van der Waals surface area contributed by atoms with E-state index in [1.807, 2.05) is 0 Å². The van der Waals surface area contributed by atoms with E-state index in [2.05, 4.69) is 11.4 Å². The average Bonchev–Trinajstić information content (AvgIpc) is 2.42. The molecule has 2 N–H and O–H groups in total. The first-order valence-corrected chi connectivity index (χ1v) is 6.66. The predicted octanol–water partition coefficient (Wildman–Crippen LogP) is 3.00. The molecule has 19 heavy (non-hydrogen) atoms. The van der Waals surface area contributed by atoms with E-state index in [0.29, 0.717) is 17.9 Å². The van der Waals surface area contributed by atoms with E-state index >= 15 is 0 Å². The summed E-state index contributed by atoms with van der Waals surface area (Å²) in [5.74, 6) is -0.589. The second kappa shape index (κ2) is 5.50. The lowest BCUT2D eigenvalue weighted by molar-refractivity contribution is 0.0900. The van der Waals surface area contributed by atoms with Crippen molar-refractivity contribution in [2.24, 2.45) is 0 Å². The van der Waals surface area contributed by atoms with Crippen LogP contribution < -0.4 is 5.32 Å². The van der Waals surface area contributed by atoms with Crippen molar-refractivity contribution in [3.63, 3.8) is 0 Å². The second-order valence-corrected chi connectivity index (χ2v) is 5.31. The lowest BCUT2D eigenvalue weighted by atomic mass is 9.82. The molecule has 0 atom stereocenters. The van der Waals surface area contributed by atoms with Crippen LogP contribution in [0.25, 0.3) is 0 Å². The number of carbonyl (C=O) groups is 1. The number of hydrogen-bond acceptors (Lipinski definition) is 3. The molecule has 4 nitrogen and oxygen atoms in total. The molecule has 0 aromatic heterocycles. The molecule has 0 spiro atoms. The molecule has 100 valence electrons. The van der Waals surface area contributed by atoms with Gasteiger partial charge in [-0.15, -0.1) is 0 Å². The van der Waals surface area contributed by atoms with Crippen LogP contribution in [0.15, 0.2) is 18.2 Å². The molecule has 1 fully saturated rings. The zero-order valence-corrected chi connectivity index (χ0v) is 11.2. The second-order valence-electron chi connectivity index (χ2n) is 4.87. The number of carbonyl (C=O) groups excluding carboxylic acids is 1. The number of nitrogens with one attached hydrogen (secondary N) is 1. The molecule has 5 heteroatoms. The third kappa shape index (κ3) is 2.99. The molecule has 1 aromatic rings. The highest BCUT2D eigenvalue weighted by Gasteiger charge is 2.34. The number of halogens is 1. The Bertz CT molecular complexity index is 531. The highest BCUT2D eigenvalue weighted by molar-refractivity contribution is 6.31. The predicted molar refractivity (Wildman–Crippen MR) is 72.0 cm³/mol. The topological polar surface area (TPSA) is 73.1 Å². The summed E-state index contributed by atoms with van der Waals surface area (Å²) in [7, 11) is 0. The minimum absolute atomic E-state index is 0.104. The molecule has 0 unspecified atom stereocenters. The van der Waals surface area contributed by atoms with Crippen LogP contribution in [-0.2, 0) is 0 Å². The Hall–Kier alpha value is -1.73. The Morgan fingerprint density at radius 2 is 2.05 bits per heavy atom. The monoisotopic (exact) mass is 278 g/mol. The van der Waals surface area contributed by atoms with Gasteiger partial charge in [0, 0.05) is 5.02 Å². The van der Waals surface area contributed by atoms with E-state index in [1.54, 1.807) is 0 Å². The maximum Gasteiger partial charge on any atom is 0.256 e. The standard InChI is InChI=1S/C14H15ClN2O2/c15-10-4-5-12(18)11(8-10)13(19)17-14(9-16)6-2-1-3-7-14/h4-5,8,18H,1-3,6-7H2,(H,17,19). The van der Waals surface area contributed by atoms with Gasteiger partial charge in [-0.25, -0.2) is 0 Å². The fourth-order valence-electron chi connectivity index (χ4n) is 2.39. The summed E-state index contributed by atoms with van der Waals surface area (Å²) in [6, 6.07) is 6.49. The van der Waals surface area contributed by atoms with Gasteiger partial charge in [0.05, 0.1) is 11.6 Å². The summed E-state index contributed by atoms with van der Waals surface area (Å²) in [5.41, 5.74) is -0.711. The van der Waals surface area contributed by atoms with E-state index in [9.17, 15) is 15.2 Å². The third-order valence-electron chi connectivity index (χ3n) is 3.48. The molecule has 1 aliphatic carbocycles. The van der Waals surface area contributed by atoms with Crippen molar-refractivity contribution in [3.05, 3.63) is 28.8 Å². The quantitative estimate of drug-likeness (QED) is 0.873. The first-order valence-electron chi connectivity index (χ1n) is 6.29. The Balaban J connectivity index is 2.20. The van der Waals surface area contributed by atoms with Gasteiger partial charge in [0.2, 0.25) is 0 Å². The molecule has 2 rings (SSSR count). The molecule has 1 aromatic carbocycles. The first-order chi connectivity index (χ1) is 9.06. The number of phenolic OH excluding ortho intramolecular Hbond substituents is 1. The minimum atomic E-state index is -0.815. The van der Waals surface area contributed by atoms with Crippen LogP contribution in [0.5, 0.6) is 5.75 Å². The average molecular weight is 279 g/mol. The van der Waals surface area contributed by atoms with Crippen molar-refractivity contribution in [3.8, 4) is 11.8 Å². The van der Waals surface area contributed by atoms with Crippen LogP contribution in [0.4, 0.5) is 0 Å². The van der Waals surface area contributed by atoms with Crippen molar-refractivity contribution in [1.29, 1.82) is 5.26 Å². The van der Waals surface area contributed by atoms with Gasteiger partial charge < -0.3 is 10.4 Å². The summed E-state index contributed by atoms with van der Waals surface area (Å²) >= 11 is 5.82. The molecule has 0 bridgehead atoms. The molecular formula is C14H15ClN2O2. The first kappa shape index (κ1) is 13.7. The van der Waals surface area contributed by atoms with Gasteiger partial charge in [-0.2, -0.15) is 5.26 Å². The van der Waals surface area contributed by atoms with Crippen molar-refractivity contribution < 1.29 is 9.90 Å². The zero-order chi connectivity index (χ0) is 13.9. The number of nitrogens with zero attached hydrogens (tertiary/aromatic N) is 1. The number of hydrogen-bond donors (Lipinski definition) is 2. The van der Waals surface area contributed by atoms with Gasteiger partial charge >= 0.3 is 0 Å². The number of aromatic hydroxyl groups is 1. The minimum Gasteiger partial charge on any atom is -0.507 e. The normalized spacial score (nSPS) is 17.5. The van der Waals surface area contributed by atoms with E-state index in [1.165, 1.54) is 18.2 Å². The highest BCUT2D eigenvalue weighted by atomic mass is 35.5. The largest absolute Gasteiger partial charge is 0.507 e. The van der Waals surface area contributed by atoms with Gasteiger partial charge in [0.25, 0.3) is 5.91 Å². The van der Waals surface area contributed by atoms with Crippen molar-refractivity contribution in [2.45, 2.75) is 37.6 Å². The number of rotatable bonds is 2. The zero-order valence-electron chi connectivity index (χ0n) is 10.4. The van der Waals surface area contributed by atoms with Gasteiger partial charge in [-0.05, 0) is 31.0 Å². The van der Waals surface area contributed by atoms with Crippen LogP contribution in [0.3, 0.4) is 0 Å². The number of nitriles is 1. The summed E-state index contributed by atoms with van der Waals surface area (Å²) in [5, 5.41) is 22.1. The fourth-order valence-corrected chi connectivity index (χ4v) is 2.57.